The molecule has 3 aromatic rings. The Hall–Kier alpha value is -3.19. The molecule has 32 heavy (non-hydrogen) atoms. The highest BCUT2D eigenvalue weighted by Gasteiger charge is 2.51. The fraction of sp³-hybridized carbons (Fsp3) is 0.240. The number of carboxylic acids is 1. The molecular weight excluding hydrogens is 472 g/mol. The molecule has 2 aromatic carbocycles. The van der Waals surface area contributed by atoms with Gasteiger partial charge in [0.25, 0.3) is 0 Å². The molecule has 0 saturated heterocycles. The van der Waals surface area contributed by atoms with Crippen LogP contribution in [-0.2, 0) is 15.1 Å². The van der Waals surface area contributed by atoms with Gasteiger partial charge in [-0.15, -0.1) is 0 Å². The van der Waals surface area contributed by atoms with Crippen LogP contribution in [0.2, 0.25) is 0 Å². The predicted octanol–water partition coefficient (Wildman–Crippen LogP) is 5.07. The lowest BCUT2D eigenvalue weighted by Crippen LogP contribution is -2.56. The highest BCUT2D eigenvalue weighted by molar-refractivity contribution is 9.10. The normalized spacial score (nSPS) is 21.2. The molecule has 0 radical (unpaired) electrons. The second-order valence-electron chi connectivity index (χ2n) is 8.33. The third kappa shape index (κ3) is 3.46. The number of aliphatic carboxylic acids is 1. The third-order valence-electron chi connectivity index (χ3n) is 6.51. The number of pyridine rings is 1. The Morgan fingerprint density at radius 2 is 1.69 bits per heavy atom. The van der Waals surface area contributed by atoms with Crippen LogP contribution in [0.15, 0.2) is 71.5 Å². The van der Waals surface area contributed by atoms with Gasteiger partial charge in [-0.05, 0) is 62.7 Å². The maximum Gasteiger partial charge on any atom is 0.407 e. The maximum absolute atomic E-state index is 12.9. The molecular formula is C25H21BrN2O4. The molecule has 6 nitrogen and oxygen atoms in total. The lowest BCUT2D eigenvalue weighted by atomic mass is 9.65. The van der Waals surface area contributed by atoms with Crippen molar-refractivity contribution in [3.05, 3.63) is 88.2 Å². The first-order chi connectivity index (χ1) is 15.5. The number of carbonyl (C=O) groups is 2. The summed E-state index contributed by atoms with van der Waals surface area (Å²) in [5, 5.41) is 12.3. The molecule has 0 aliphatic heterocycles. The van der Waals surface area contributed by atoms with Crippen LogP contribution in [0.3, 0.4) is 0 Å². The second-order valence-corrected chi connectivity index (χ2v) is 9.19. The Labute approximate surface area is 193 Å². The van der Waals surface area contributed by atoms with Gasteiger partial charge in [0, 0.05) is 22.8 Å². The van der Waals surface area contributed by atoms with Gasteiger partial charge in [0.15, 0.2) is 0 Å². The Morgan fingerprint density at radius 3 is 2.28 bits per heavy atom. The quantitative estimate of drug-likeness (QED) is 0.518. The molecule has 1 heterocycles. The van der Waals surface area contributed by atoms with E-state index in [1.54, 1.807) is 18.5 Å². The highest BCUT2D eigenvalue weighted by Crippen LogP contribution is 2.48. The molecule has 2 aliphatic carbocycles. The first-order valence-electron chi connectivity index (χ1n) is 10.4. The van der Waals surface area contributed by atoms with Gasteiger partial charge in [0.05, 0.1) is 11.5 Å². The molecule has 0 atom stereocenters. The van der Waals surface area contributed by atoms with Gasteiger partial charge in [-0.2, -0.15) is 0 Å². The summed E-state index contributed by atoms with van der Waals surface area (Å²) in [6.07, 6.45) is 3.32. The molecule has 162 valence electrons. The number of hydrogen-bond acceptors (Lipinski definition) is 4. The number of rotatable bonds is 5. The van der Waals surface area contributed by atoms with E-state index in [2.05, 4.69) is 50.5 Å². The number of nitrogens with one attached hydrogen (secondary N) is 1. The first-order valence-corrected chi connectivity index (χ1v) is 11.2. The summed E-state index contributed by atoms with van der Waals surface area (Å²) in [5.74, 6) is -1.41. The van der Waals surface area contributed by atoms with Crippen molar-refractivity contribution >= 4 is 28.0 Å². The number of aromatic nitrogens is 1. The van der Waals surface area contributed by atoms with Gasteiger partial charge < -0.3 is 15.2 Å². The van der Waals surface area contributed by atoms with E-state index in [1.165, 1.54) is 0 Å². The Kier molecular flexibility index (Phi) is 5.21. The topological polar surface area (TPSA) is 88.5 Å². The van der Waals surface area contributed by atoms with Crippen LogP contribution in [0, 0.1) is 5.92 Å². The van der Waals surface area contributed by atoms with Crippen LogP contribution < -0.4 is 5.32 Å². The Balaban J connectivity index is 1.34. The summed E-state index contributed by atoms with van der Waals surface area (Å²) >= 11 is 3.48. The van der Waals surface area contributed by atoms with Crippen LogP contribution in [0.4, 0.5) is 4.79 Å². The van der Waals surface area contributed by atoms with E-state index >= 15 is 0 Å². The van der Waals surface area contributed by atoms with Crippen LogP contribution in [-0.4, -0.2) is 28.8 Å². The predicted molar refractivity (Wildman–Crippen MR) is 122 cm³/mol. The van der Waals surface area contributed by atoms with E-state index in [0.29, 0.717) is 12.8 Å². The number of carbonyl (C=O) groups excluding carboxylic acids is 1. The number of fused-ring (bicyclic) bond motifs is 3. The van der Waals surface area contributed by atoms with E-state index in [1.807, 2.05) is 24.3 Å². The lowest BCUT2D eigenvalue weighted by molar-refractivity contribution is -0.148. The molecule has 1 fully saturated rings. The zero-order valence-electron chi connectivity index (χ0n) is 17.1. The van der Waals surface area contributed by atoms with Crippen molar-refractivity contribution in [3.8, 4) is 11.1 Å². The molecule has 1 saturated carbocycles. The summed E-state index contributed by atoms with van der Waals surface area (Å²) in [6.45, 7) is 0.204. The molecule has 5 rings (SSSR count). The first kappa shape index (κ1) is 20.7. The molecule has 2 aliphatic rings. The van der Waals surface area contributed by atoms with E-state index in [9.17, 15) is 14.7 Å². The van der Waals surface area contributed by atoms with Crippen molar-refractivity contribution in [2.45, 2.75) is 24.3 Å². The van der Waals surface area contributed by atoms with Crippen LogP contribution in [0.5, 0.6) is 0 Å². The minimum atomic E-state index is -0.861. The van der Waals surface area contributed by atoms with Crippen molar-refractivity contribution in [1.29, 1.82) is 0 Å². The van der Waals surface area contributed by atoms with Gasteiger partial charge in [-0.25, -0.2) is 4.79 Å². The molecule has 7 heteroatoms. The summed E-state index contributed by atoms with van der Waals surface area (Å²) < 4.78 is 6.42. The summed E-state index contributed by atoms with van der Waals surface area (Å²) in [7, 11) is 0. The average molecular weight is 493 g/mol. The van der Waals surface area contributed by atoms with Gasteiger partial charge in [0.1, 0.15) is 6.61 Å². The molecule has 1 aromatic heterocycles. The largest absolute Gasteiger partial charge is 0.481 e. The van der Waals surface area contributed by atoms with E-state index < -0.39 is 23.5 Å². The van der Waals surface area contributed by atoms with E-state index in [0.717, 1.165) is 32.3 Å². The fourth-order valence-corrected chi connectivity index (χ4v) is 5.57. The second kappa shape index (κ2) is 8.06. The van der Waals surface area contributed by atoms with E-state index in [-0.39, 0.29) is 12.5 Å². The summed E-state index contributed by atoms with van der Waals surface area (Å²) in [6, 6.07) is 18.1. The van der Waals surface area contributed by atoms with Gasteiger partial charge in [-0.1, -0.05) is 48.5 Å². The van der Waals surface area contributed by atoms with Crippen molar-refractivity contribution < 1.29 is 19.4 Å². The van der Waals surface area contributed by atoms with E-state index in [4.69, 9.17) is 4.74 Å². The molecule has 0 bridgehead atoms. The van der Waals surface area contributed by atoms with Crippen molar-refractivity contribution in [2.75, 3.05) is 6.61 Å². The van der Waals surface area contributed by atoms with Crippen LogP contribution in [0.1, 0.15) is 35.4 Å². The molecule has 0 spiro atoms. The molecule has 2 N–H and O–H groups in total. The Bertz CT molecular complexity index is 1160. The number of hydrogen-bond donors (Lipinski definition) is 2. The van der Waals surface area contributed by atoms with Crippen molar-refractivity contribution in [3.63, 3.8) is 0 Å². The third-order valence-corrected chi connectivity index (χ3v) is 7.14. The number of ether oxygens (including phenoxy) is 1. The zero-order chi connectivity index (χ0) is 22.3. The molecule has 1 amide bonds. The smallest absolute Gasteiger partial charge is 0.407 e. The van der Waals surface area contributed by atoms with Gasteiger partial charge in [-0.3, -0.25) is 9.78 Å². The standard InChI is InChI=1S/C25H21BrN2O4/c26-22-13-27-10-9-21(22)25(11-15(12-25)23(29)30)28-24(31)32-14-20-18-7-3-1-5-16(18)17-6-2-4-8-19(17)20/h1-10,13,15,20H,11-12,14H2,(H,28,31)(H,29,30). The van der Waals surface area contributed by atoms with Gasteiger partial charge in [0.2, 0.25) is 0 Å². The minimum Gasteiger partial charge on any atom is -0.481 e. The van der Waals surface area contributed by atoms with Crippen LogP contribution >= 0.6 is 15.9 Å². The SMILES string of the molecule is O=C(NC1(c2ccncc2Br)CC(C(=O)O)C1)OCC1c2ccccc2-c2ccccc21. The number of benzene rings is 2. The number of nitrogens with zero attached hydrogens (tertiary/aromatic N) is 1. The minimum absolute atomic E-state index is 0.0371. The monoisotopic (exact) mass is 492 g/mol. The number of halogens is 1. The summed E-state index contributed by atoms with van der Waals surface area (Å²) in [4.78, 5) is 28.4. The van der Waals surface area contributed by atoms with Crippen molar-refractivity contribution in [2.24, 2.45) is 5.92 Å². The van der Waals surface area contributed by atoms with Crippen LogP contribution in [0.25, 0.3) is 11.1 Å². The average Bonchev–Trinajstić information content (AvgIpc) is 3.09. The lowest BCUT2D eigenvalue weighted by Gasteiger charge is -2.46. The number of amides is 1. The van der Waals surface area contributed by atoms with Gasteiger partial charge >= 0.3 is 12.1 Å². The fourth-order valence-electron chi connectivity index (χ4n) is 4.94. The number of alkyl carbamates (subject to hydrolysis) is 1. The molecule has 0 unspecified atom stereocenters. The maximum atomic E-state index is 12.9. The zero-order valence-corrected chi connectivity index (χ0v) is 18.7. The van der Waals surface area contributed by atoms with Crippen molar-refractivity contribution in [1.82, 2.24) is 10.3 Å². The highest BCUT2D eigenvalue weighted by atomic mass is 79.9. The summed E-state index contributed by atoms with van der Waals surface area (Å²) in [5.41, 5.74) is 4.62. The Morgan fingerprint density at radius 1 is 1.06 bits per heavy atom. The number of carboxylic acid groups (broad SMARTS) is 1.